The van der Waals surface area contributed by atoms with E-state index in [1.165, 1.54) is 5.37 Å². The maximum atomic E-state index is 4.40. The van der Waals surface area contributed by atoms with Crippen LogP contribution in [0, 0.1) is 0 Å². The Morgan fingerprint density at radius 2 is 1.80 bits per heavy atom. The molecule has 0 aromatic heterocycles. The standard InChI is InChI=1S/C2H4S3/c3-1-2(4)5/h1-2,4-5H. The van der Waals surface area contributed by atoms with Crippen molar-refractivity contribution in [3.8, 4) is 0 Å². The minimum Gasteiger partial charge on any atom is -0.160 e. The molecule has 0 aromatic carbocycles. The molecule has 0 rings (SSSR count). The van der Waals surface area contributed by atoms with Gasteiger partial charge in [0, 0.05) is 5.37 Å². The zero-order valence-electron chi connectivity index (χ0n) is 2.46. The lowest BCUT2D eigenvalue weighted by atomic mass is 11.0. The summed E-state index contributed by atoms with van der Waals surface area (Å²) in [5.41, 5.74) is 0. The first kappa shape index (κ1) is 5.79. The summed E-state index contributed by atoms with van der Waals surface area (Å²) >= 11 is 12.0. The first-order valence-corrected chi connectivity index (χ1v) is 2.59. The Bertz CT molecular complexity index is 31.9. The van der Waals surface area contributed by atoms with E-state index in [9.17, 15) is 0 Å². The van der Waals surface area contributed by atoms with E-state index < -0.39 is 0 Å². The van der Waals surface area contributed by atoms with Crippen molar-refractivity contribution in [3.63, 3.8) is 0 Å². The fourth-order valence-corrected chi connectivity index (χ4v) is 0. The van der Waals surface area contributed by atoms with Gasteiger partial charge >= 0.3 is 0 Å². The summed E-state index contributed by atoms with van der Waals surface area (Å²) in [6.45, 7) is 0. The van der Waals surface area contributed by atoms with Crippen LogP contribution in [0.1, 0.15) is 0 Å². The van der Waals surface area contributed by atoms with Gasteiger partial charge in [0.15, 0.2) is 0 Å². The Hall–Kier alpha value is 0.790. The van der Waals surface area contributed by atoms with Crippen LogP contribution < -0.4 is 0 Å². The van der Waals surface area contributed by atoms with Crippen molar-refractivity contribution in [3.05, 3.63) is 0 Å². The predicted molar refractivity (Wildman–Crippen MR) is 35.4 cm³/mol. The van der Waals surface area contributed by atoms with Gasteiger partial charge < -0.3 is 0 Å². The van der Waals surface area contributed by atoms with Gasteiger partial charge in [-0.15, -0.1) is 0 Å². The van der Waals surface area contributed by atoms with Crippen LogP contribution >= 0.6 is 37.5 Å². The Labute approximate surface area is 47.8 Å². The van der Waals surface area contributed by atoms with E-state index in [4.69, 9.17) is 0 Å². The monoisotopic (exact) mass is 124 g/mol. The molecule has 0 amide bonds. The number of hydrogen-bond acceptors (Lipinski definition) is 3. The van der Waals surface area contributed by atoms with Gasteiger partial charge in [-0.2, -0.15) is 25.3 Å². The van der Waals surface area contributed by atoms with E-state index in [1.807, 2.05) is 0 Å². The van der Waals surface area contributed by atoms with Gasteiger partial charge in [-0.25, -0.2) is 0 Å². The van der Waals surface area contributed by atoms with Crippen LogP contribution in [0.15, 0.2) is 0 Å². The lowest BCUT2D eigenvalue weighted by Crippen LogP contribution is -1.79. The zero-order chi connectivity index (χ0) is 4.28. The maximum Gasteiger partial charge on any atom is 0.0724 e. The molecule has 0 N–H and O–H groups in total. The first-order valence-electron chi connectivity index (χ1n) is 1.09. The SMILES string of the molecule is S=CC(S)S. The van der Waals surface area contributed by atoms with Gasteiger partial charge in [0.1, 0.15) is 0 Å². The zero-order valence-corrected chi connectivity index (χ0v) is 5.06. The quantitative estimate of drug-likeness (QED) is 0.300. The van der Waals surface area contributed by atoms with E-state index >= 15 is 0 Å². The summed E-state index contributed by atoms with van der Waals surface area (Å²) in [7, 11) is 0. The van der Waals surface area contributed by atoms with Crippen molar-refractivity contribution < 1.29 is 0 Å². The third-order valence-electron chi connectivity index (χ3n) is 0.122. The molecule has 0 aliphatic rings. The normalized spacial score (nSPS) is 8.60. The Kier molecular flexibility index (Phi) is 3.47. The Balaban J connectivity index is 2.83. The molecular formula is C2H4S3. The van der Waals surface area contributed by atoms with Crippen LogP contribution in [0.4, 0.5) is 0 Å². The molecule has 0 bridgehead atoms. The van der Waals surface area contributed by atoms with Crippen LogP contribution in [0.3, 0.4) is 0 Å². The van der Waals surface area contributed by atoms with Crippen LogP contribution in [0.5, 0.6) is 0 Å². The molecule has 0 saturated carbocycles. The highest BCUT2D eigenvalue weighted by Crippen LogP contribution is 1.92. The van der Waals surface area contributed by atoms with Gasteiger partial charge in [-0.05, 0) is 0 Å². The molecule has 0 aromatic rings. The average molecular weight is 124 g/mol. The molecule has 5 heavy (non-hydrogen) atoms. The van der Waals surface area contributed by atoms with Crippen molar-refractivity contribution in [2.45, 2.75) is 4.58 Å². The highest BCUT2D eigenvalue weighted by molar-refractivity contribution is 8.02. The summed E-state index contributed by atoms with van der Waals surface area (Å²) in [6, 6.07) is 0. The van der Waals surface area contributed by atoms with E-state index in [2.05, 4.69) is 37.5 Å². The lowest BCUT2D eigenvalue weighted by Gasteiger charge is -1.80. The van der Waals surface area contributed by atoms with Crippen LogP contribution in [-0.2, 0) is 0 Å². The number of hydrogen-bond donors (Lipinski definition) is 2. The highest BCUT2D eigenvalue weighted by Gasteiger charge is 1.77. The summed E-state index contributed by atoms with van der Waals surface area (Å²) in [6.07, 6.45) is 0. The average Bonchev–Trinajstić information content (AvgIpc) is 1.38. The van der Waals surface area contributed by atoms with Crippen LogP contribution in [-0.4, -0.2) is 9.95 Å². The molecule has 0 atom stereocenters. The predicted octanol–water partition coefficient (Wildman–Crippen LogP) is 1.17. The van der Waals surface area contributed by atoms with Crippen molar-refractivity contribution in [1.82, 2.24) is 0 Å². The van der Waals surface area contributed by atoms with Crippen molar-refractivity contribution in [2.24, 2.45) is 0 Å². The van der Waals surface area contributed by atoms with Gasteiger partial charge in [-0.3, -0.25) is 0 Å². The number of rotatable bonds is 1. The van der Waals surface area contributed by atoms with Crippen molar-refractivity contribution >= 4 is 42.8 Å². The maximum absolute atomic E-state index is 4.40. The van der Waals surface area contributed by atoms with Crippen LogP contribution in [0.2, 0.25) is 0 Å². The molecule has 0 aliphatic carbocycles. The van der Waals surface area contributed by atoms with E-state index in [0.717, 1.165) is 0 Å². The van der Waals surface area contributed by atoms with E-state index in [-0.39, 0.29) is 4.58 Å². The summed E-state index contributed by atoms with van der Waals surface area (Å²) < 4.78 is -0.0370. The van der Waals surface area contributed by atoms with Crippen molar-refractivity contribution in [1.29, 1.82) is 0 Å². The first-order chi connectivity index (χ1) is 2.27. The molecule has 0 unspecified atom stereocenters. The third-order valence-corrected chi connectivity index (χ3v) is 1.10. The Morgan fingerprint density at radius 3 is 1.80 bits per heavy atom. The van der Waals surface area contributed by atoms with Gasteiger partial charge in [-0.1, -0.05) is 12.2 Å². The van der Waals surface area contributed by atoms with Crippen LogP contribution in [0.25, 0.3) is 0 Å². The molecule has 0 nitrogen and oxygen atoms in total. The molecule has 0 aliphatic heterocycles. The molecule has 0 heterocycles. The number of thiol groups is 2. The minimum atomic E-state index is -0.0370. The molecular weight excluding hydrogens is 120 g/mol. The van der Waals surface area contributed by atoms with E-state index in [0.29, 0.717) is 0 Å². The molecule has 3 heteroatoms. The topological polar surface area (TPSA) is 0 Å². The molecule has 0 saturated heterocycles. The van der Waals surface area contributed by atoms with E-state index in [1.54, 1.807) is 0 Å². The highest BCUT2D eigenvalue weighted by atomic mass is 32.2. The molecule has 0 fully saturated rings. The minimum absolute atomic E-state index is 0.0370. The number of thiocarbonyl (C=S) groups is 1. The fraction of sp³-hybridized carbons (Fsp3) is 0.500. The van der Waals surface area contributed by atoms with Gasteiger partial charge in [0.05, 0.1) is 4.58 Å². The second-order valence-electron chi connectivity index (χ2n) is 0.550. The fourth-order valence-electron chi connectivity index (χ4n) is 0. The van der Waals surface area contributed by atoms with Gasteiger partial charge in [0.25, 0.3) is 0 Å². The smallest absolute Gasteiger partial charge is 0.0724 e. The summed E-state index contributed by atoms with van der Waals surface area (Å²) in [4.78, 5) is 0. The summed E-state index contributed by atoms with van der Waals surface area (Å²) in [5.74, 6) is 0. The second kappa shape index (κ2) is 3.00. The molecule has 0 spiro atoms. The second-order valence-corrected chi connectivity index (χ2v) is 2.34. The third kappa shape index (κ3) is 4.79. The largest absolute Gasteiger partial charge is 0.160 e. The van der Waals surface area contributed by atoms with Gasteiger partial charge in [0.2, 0.25) is 0 Å². The molecule has 30 valence electrons. The molecule has 0 radical (unpaired) electrons. The van der Waals surface area contributed by atoms with Crippen molar-refractivity contribution in [2.75, 3.05) is 0 Å². The Morgan fingerprint density at radius 1 is 1.60 bits per heavy atom. The lowest BCUT2D eigenvalue weighted by molar-refractivity contribution is 2.03. The summed E-state index contributed by atoms with van der Waals surface area (Å²) in [5, 5.41) is 1.48.